The largest absolute Gasteiger partial charge is 0.310 e. The summed E-state index contributed by atoms with van der Waals surface area (Å²) in [6.45, 7) is 5.23. The van der Waals surface area contributed by atoms with Gasteiger partial charge in [0.2, 0.25) is 0 Å². The van der Waals surface area contributed by atoms with Crippen LogP contribution in [0.1, 0.15) is 31.2 Å². The zero-order chi connectivity index (χ0) is 13.8. The van der Waals surface area contributed by atoms with E-state index in [2.05, 4.69) is 31.3 Å². The maximum absolute atomic E-state index is 13.2. The highest BCUT2D eigenvalue weighted by atomic mass is 35.5. The number of thiophene rings is 1. The predicted octanol–water partition coefficient (Wildman–Crippen LogP) is 5.27. The Bertz CT molecular complexity index is 553. The second-order valence-electron chi connectivity index (χ2n) is 4.35. The molecule has 2 aromatic rings. The van der Waals surface area contributed by atoms with Crippen LogP contribution in [0.5, 0.6) is 0 Å². The van der Waals surface area contributed by atoms with Crippen LogP contribution in [0.2, 0.25) is 5.02 Å². The number of hydrogen-bond acceptors (Lipinski definition) is 2. The molecule has 4 heteroatoms. The van der Waals surface area contributed by atoms with Gasteiger partial charge in [0.05, 0.1) is 5.02 Å². The highest BCUT2D eigenvalue weighted by molar-refractivity contribution is 7.15. The van der Waals surface area contributed by atoms with Crippen molar-refractivity contribution in [3.8, 4) is 10.4 Å². The summed E-state index contributed by atoms with van der Waals surface area (Å²) in [5.41, 5.74) is 0.967. The van der Waals surface area contributed by atoms with Crippen LogP contribution in [0.4, 0.5) is 4.39 Å². The molecule has 0 aliphatic rings. The van der Waals surface area contributed by atoms with Crippen molar-refractivity contribution in [2.24, 2.45) is 0 Å². The summed E-state index contributed by atoms with van der Waals surface area (Å²) < 4.78 is 13.2. The first-order valence-corrected chi connectivity index (χ1v) is 7.63. The lowest BCUT2D eigenvalue weighted by atomic mass is 10.1. The topological polar surface area (TPSA) is 12.0 Å². The van der Waals surface area contributed by atoms with Gasteiger partial charge in [0.25, 0.3) is 0 Å². The summed E-state index contributed by atoms with van der Waals surface area (Å²) in [6, 6.07) is 9.46. The summed E-state index contributed by atoms with van der Waals surface area (Å²) in [5.74, 6) is -0.374. The van der Waals surface area contributed by atoms with Gasteiger partial charge in [0, 0.05) is 15.8 Å². The molecular weight excluding hydrogens is 281 g/mol. The summed E-state index contributed by atoms with van der Waals surface area (Å²) >= 11 is 7.56. The average molecular weight is 298 g/mol. The first-order valence-electron chi connectivity index (χ1n) is 6.44. The van der Waals surface area contributed by atoms with Gasteiger partial charge in [-0.2, -0.15) is 0 Å². The summed E-state index contributed by atoms with van der Waals surface area (Å²) in [7, 11) is 0. The molecular formula is C15H17ClFNS. The van der Waals surface area contributed by atoms with Crippen LogP contribution in [-0.2, 0) is 0 Å². The molecule has 1 aromatic carbocycles. The molecule has 1 unspecified atom stereocenters. The fourth-order valence-corrected chi connectivity index (χ4v) is 3.38. The third-order valence-corrected chi connectivity index (χ3v) is 4.57. The van der Waals surface area contributed by atoms with Crippen LogP contribution in [0.15, 0.2) is 30.3 Å². The number of rotatable bonds is 5. The molecule has 2 rings (SSSR count). The van der Waals surface area contributed by atoms with Crippen molar-refractivity contribution < 1.29 is 4.39 Å². The van der Waals surface area contributed by atoms with E-state index in [1.807, 2.05) is 0 Å². The minimum atomic E-state index is -0.374. The van der Waals surface area contributed by atoms with Crippen molar-refractivity contribution in [1.82, 2.24) is 5.32 Å². The van der Waals surface area contributed by atoms with Crippen molar-refractivity contribution in [2.45, 2.75) is 26.3 Å². The second kappa shape index (κ2) is 6.51. The van der Waals surface area contributed by atoms with Crippen molar-refractivity contribution in [2.75, 3.05) is 6.54 Å². The third-order valence-electron chi connectivity index (χ3n) is 3.03. The maximum atomic E-state index is 13.2. The molecule has 0 amide bonds. The van der Waals surface area contributed by atoms with Gasteiger partial charge < -0.3 is 5.32 Å². The SMILES string of the molecule is CCNC(CC)c1ccc(-c2ccc(F)c(Cl)c2)s1. The van der Waals surface area contributed by atoms with E-state index in [0.29, 0.717) is 6.04 Å². The molecule has 0 radical (unpaired) electrons. The smallest absolute Gasteiger partial charge is 0.141 e. The quantitative estimate of drug-likeness (QED) is 0.793. The Morgan fingerprint density at radius 1 is 1.26 bits per heavy atom. The predicted molar refractivity (Wildman–Crippen MR) is 81.4 cm³/mol. The van der Waals surface area contributed by atoms with Crippen molar-refractivity contribution in [1.29, 1.82) is 0 Å². The zero-order valence-electron chi connectivity index (χ0n) is 11.0. The van der Waals surface area contributed by atoms with Gasteiger partial charge in [0.1, 0.15) is 5.82 Å². The minimum Gasteiger partial charge on any atom is -0.310 e. The second-order valence-corrected chi connectivity index (χ2v) is 5.87. The Kier molecular flexibility index (Phi) is 4.97. The van der Waals surface area contributed by atoms with Gasteiger partial charge in [-0.1, -0.05) is 31.5 Å². The van der Waals surface area contributed by atoms with Crippen molar-refractivity contribution >= 4 is 22.9 Å². The molecule has 1 atom stereocenters. The lowest BCUT2D eigenvalue weighted by Gasteiger charge is -2.13. The molecule has 102 valence electrons. The fourth-order valence-electron chi connectivity index (χ4n) is 2.04. The Morgan fingerprint density at radius 2 is 2.05 bits per heavy atom. The van der Waals surface area contributed by atoms with Crippen LogP contribution in [-0.4, -0.2) is 6.54 Å². The molecule has 1 heterocycles. The summed E-state index contributed by atoms with van der Waals surface area (Å²) in [5, 5.41) is 3.63. The molecule has 0 bridgehead atoms. The average Bonchev–Trinajstić information content (AvgIpc) is 2.88. The minimum absolute atomic E-state index is 0.172. The molecule has 0 aliphatic heterocycles. The van der Waals surface area contributed by atoms with Gasteiger partial charge >= 0.3 is 0 Å². The van der Waals surface area contributed by atoms with Gasteiger partial charge in [-0.3, -0.25) is 0 Å². The van der Waals surface area contributed by atoms with E-state index in [4.69, 9.17) is 11.6 Å². The molecule has 0 aliphatic carbocycles. The number of hydrogen-bond donors (Lipinski definition) is 1. The Balaban J connectivity index is 2.27. The fraction of sp³-hybridized carbons (Fsp3) is 0.333. The Morgan fingerprint density at radius 3 is 2.68 bits per heavy atom. The van der Waals surface area contributed by atoms with E-state index < -0.39 is 0 Å². The monoisotopic (exact) mass is 297 g/mol. The molecule has 19 heavy (non-hydrogen) atoms. The number of benzene rings is 1. The summed E-state index contributed by atoms with van der Waals surface area (Å²) in [4.78, 5) is 2.42. The van der Waals surface area contributed by atoms with E-state index in [1.54, 1.807) is 23.5 Å². The third kappa shape index (κ3) is 3.35. The molecule has 1 N–H and O–H groups in total. The molecule has 0 saturated heterocycles. The van der Waals surface area contributed by atoms with E-state index in [1.165, 1.54) is 10.9 Å². The van der Waals surface area contributed by atoms with Gasteiger partial charge in [-0.15, -0.1) is 11.3 Å². The summed E-state index contributed by atoms with van der Waals surface area (Å²) in [6.07, 6.45) is 1.05. The van der Waals surface area contributed by atoms with E-state index in [9.17, 15) is 4.39 Å². The van der Waals surface area contributed by atoms with Crippen molar-refractivity contribution in [3.05, 3.63) is 46.0 Å². The zero-order valence-corrected chi connectivity index (χ0v) is 12.6. The Hall–Kier alpha value is -0.900. The van der Waals surface area contributed by atoms with E-state index in [-0.39, 0.29) is 10.8 Å². The molecule has 0 saturated carbocycles. The van der Waals surface area contributed by atoms with Crippen LogP contribution in [0.3, 0.4) is 0 Å². The molecule has 0 spiro atoms. The number of halogens is 2. The van der Waals surface area contributed by atoms with Crippen LogP contribution >= 0.6 is 22.9 Å². The van der Waals surface area contributed by atoms with Gasteiger partial charge in [0.15, 0.2) is 0 Å². The first kappa shape index (κ1) is 14.5. The molecule has 1 aromatic heterocycles. The van der Waals surface area contributed by atoms with Crippen LogP contribution < -0.4 is 5.32 Å². The van der Waals surface area contributed by atoms with Crippen molar-refractivity contribution in [3.63, 3.8) is 0 Å². The van der Waals surface area contributed by atoms with Gasteiger partial charge in [-0.25, -0.2) is 4.39 Å². The van der Waals surface area contributed by atoms with Gasteiger partial charge in [-0.05, 0) is 42.8 Å². The van der Waals surface area contributed by atoms with E-state index in [0.717, 1.165) is 23.4 Å². The Labute approximate surface area is 122 Å². The highest BCUT2D eigenvalue weighted by Gasteiger charge is 2.12. The van der Waals surface area contributed by atoms with E-state index >= 15 is 0 Å². The molecule has 0 fully saturated rings. The standard InChI is InChI=1S/C15H17ClFNS/c1-3-13(18-4-2)15-8-7-14(19-15)10-5-6-12(17)11(16)9-10/h5-9,13,18H,3-4H2,1-2H3. The normalized spacial score (nSPS) is 12.6. The number of nitrogens with one attached hydrogen (secondary N) is 1. The lowest BCUT2D eigenvalue weighted by Crippen LogP contribution is -2.18. The van der Waals surface area contributed by atoms with Crippen LogP contribution in [0.25, 0.3) is 10.4 Å². The maximum Gasteiger partial charge on any atom is 0.141 e. The molecule has 1 nitrogen and oxygen atoms in total. The lowest BCUT2D eigenvalue weighted by molar-refractivity contribution is 0.545. The first-order chi connectivity index (χ1) is 9.15. The highest BCUT2D eigenvalue weighted by Crippen LogP contribution is 2.34. The van der Waals surface area contributed by atoms with Crippen LogP contribution in [0, 0.1) is 5.82 Å².